The Morgan fingerprint density at radius 3 is 2.52 bits per heavy atom. The van der Waals surface area contributed by atoms with Gasteiger partial charge in [-0.3, -0.25) is 4.79 Å². The van der Waals surface area contributed by atoms with Gasteiger partial charge in [0.15, 0.2) is 0 Å². The van der Waals surface area contributed by atoms with Crippen molar-refractivity contribution in [2.75, 3.05) is 18.5 Å². The van der Waals surface area contributed by atoms with E-state index in [0.29, 0.717) is 24.6 Å². The Morgan fingerprint density at radius 1 is 1.33 bits per heavy atom. The monoisotopic (exact) mass is 292 g/mol. The smallest absolute Gasteiger partial charge is 0.226 e. The summed E-state index contributed by atoms with van der Waals surface area (Å²) in [4.78, 5) is 13.9. The highest BCUT2D eigenvalue weighted by molar-refractivity contribution is 5.92. The van der Waals surface area contributed by atoms with E-state index in [4.69, 9.17) is 5.73 Å². The number of hydrogen-bond acceptors (Lipinski definition) is 3. The maximum absolute atomic E-state index is 12.3. The van der Waals surface area contributed by atoms with Gasteiger partial charge in [-0.2, -0.15) is 0 Å². The second kappa shape index (κ2) is 7.46. The van der Waals surface area contributed by atoms with Crippen LogP contribution in [0.15, 0.2) is 24.3 Å². The molecule has 1 aromatic carbocycles. The summed E-state index contributed by atoms with van der Waals surface area (Å²) in [6.45, 7) is 7.22. The fourth-order valence-corrected chi connectivity index (χ4v) is 2.52. The Hall–Kier alpha value is -1.55. The van der Waals surface area contributed by atoms with Crippen molar-refractivity contribution in [3.63, 3.8) is 0 Å². The van der Waals surface area contributed by atoms with Crippen LogP contribution in [0.25, 0.3) is 0 Å². The first-order valence-corrected chi connectivity index (χ1v) is 7.51. The molecule has 1 amide bonds. The van der Waals surface area contributed by atoms with Crippen molar-refractivity contribution in [1.82, 2.24) is 0 Å². The quantitative estimate of drug-likeness (QED) is 0.846. The van der Waals surface area contributed by atoms with E-state index < -0.39 is 0 Å². The first-order valence-electron chi connectivity index (χ1n) is 7.51. The van der Waals surface area contributed by atoms with Crippen LogP contribution in [0.2, 0.25) is 0 Å². The van der Waals surface area contributed by atoms with Gasteiger partial charge in [0, 0.05) is 25.2 Å². The first-order chi connectivity index (χ1) is 9.75. The number of carbonyl (C=O) groups is 1. The summed E-state index contributed by atoms with van der Waals surface area (Å²) in [5, 5.41) is 9.49. The van der Waals surface area contributed by atoms with E-state index in [0.717, 1.165) is 12.8 Å². The lowest BCUT2D eigenvalue weighted by molar-refractivity contribution is -0.118. The Kier molecular flexibility index (Phi) is 6.21. The lowest BCUT2D eigenvalue weighted by atomic mass is 9.76. The molecule has 21 heavy (non-hydrogen) atoms. The Labute approximate surface area is 128 Å². The third-order valence-corrected chi connectivity index (χ3v) is 4.04. The molecule has 0 radical (unpaired) electrons. The van der Waals surface area contributed by atoms with Crippen molar-refractivity contribution in [2.24, 2.45) is 17.1 Å². The van der Waals surface area contributed by atoms with Gasteiger partial charge in [0.25, 0.3) is 0 Å². The number of nitrogens with zero attached hydrogens (tertiary/aromatic N) is 1. The van der Waals surface area contributed by atoms with Crippen LogP contribution in [0.3, 0.4) is 0 Å². The van der Waals surface area contributed by atoms with Gasteiger partial charge in [-0.15, -0.1) is 0 Å². The number of nitrogens with two attached hydrogens (primary N) is 1. The summed E-state index contributed by atoms with van der Waals surface area (Å²) in [7, 11) is 1.74. The van der Waals surface area contributed by atoms with Gasteiger partial charge in [0.05, 0.1) is 0 Å². The van der Waals surface area contributed by atoms with Crippen molar-refractivity contribution in [2.45, 2.75) is 40.0 Å². The average molecular weight is 292 g/mol. The third kappa shape index (κ3) is 5.38. The molecule has 1 unspecified atom stereocenters. The highest BCUT2D eigenvalue weighted by atomic mass is 16.3. The number of amides is 1. The van der Waals surface area contributed by atoms with Crippen LogP contribution in [0.5, 0.6) is 5.75 Å². The van der Waals surface area contributed by atoms with Crippen LogP contribution in [0, 0.1) is 11.3 Å². The minimum atomic E-state index is 0.0619. The molecule has 0 spiro atoms. The number of anilines is 1. The van der Waals surface area contributed by atoms with Gasteiger partial charge in [0.2, 0.25) is 5.91 Å². The number of hydrogen-bond donors (Lipinski definition) is 2. The molecule has 4 heteroatoms. The van der Waals surface area contributed by atoms with Crippen molar-refractivity contribution < 1.29 is 9.90 Å². The van der Waals surface area contributed by atoms with Crippen molar-refractivity contribution in [1.29, 1.82) is 0 Å². The number of benzene rings is 1. The summed E-state index contributed by atoms with van der Waals surface area (Å²) in [6, 6.07) is 6.75. The lowest BCUT2D eigenvalue weighted by Gasteiger charge is -2.31. The summed E-state index contributed by atoms with van der Waals surface area (Å²) in [5.41, 5.74) is 6.55. The minimum absolute atomic E-state index is 0.0619. The minimum Gasteiger partial charge on any atom is -0.508 e. The van der Waals surface area contributed by atoms with Gasteiger partial charge >= 0.3 is 0 Å². The molecule has 0 bridgehead atoms. The number of rotatable bonds is 6. The average Bonchev–Trinajstić information content (AvgIpc) is 2.41. The van der Waals surface area contributed by atoms with E-state index >= 15 is 0 Å². The van der Waals surface area contributed by atoms with Crippen LogP contribution < -0.4 is 10.6 Å². The molecule has 4 nitrogen and oxygen atoms in total. The van der Waals surface area contributed by atoms with Gasteiger partial charge in [-0.05, 0) is 42.9 Å². The molecule has 0 fully saturated rings. The Morgan fingerprint density at radius 2 is 2.00 bits per heavy atom. The zero-order valence-corrected chi connectivity index (χ0v) is 13.6. The van der Waals surface area contributed by atoms with Crippen molar-refractivity contribution >= 4 is 11.6 Å². The maximum Gasteiger partial charge on any atom is 0.226 e. The molecule has 118 valence electrons. The normalized spacial score (nSPS) is 13.0. The predicted molar refractivity (Wildman–Crippen MR) is 87.4 cm³/mol. The molecule has 0 saturated carbocycles. The summed E-state index contributed by atoms with van der Waals surface area (Å²) in [5.74, 6) is 0.666. The molecule has 1 rings (SSSR count). The van der Waals surface area contributed by atoms with E-state index in [-0.39, 0.29) is 17.1 Å². The molecule has 1 aromatic rings. The molecule has 3 N–H and O–H groups in total. The Bertz CT molecular complexity index is 466. The fourth-order valence-electron chi connectivity index (χ4n) is 2.52. The van der Waals surface area contributed by atoms with Crippen LogP contribution in [0.4, 0.5) is 5.69 Å². The molecular weight excluding hydrogens is 264 g/mol. The zero-order valence-electron chi connectivity index (χ0n) is 13.6. The second-order valence-corrected chi connectivity index (χ2v) is 6.65. The van der Waals surface area contributed by atoms with Gasteiger partial charge in [0.1, 0.15) is 5.75 Å². The highest BCUT2D eigenvalue weighted by Crippen LogP contribution is 2.32. The first kappa shape index (κ1) is 17.5. The highest BCUT2D eigenvalue weighted by Gasteiger charge is 2.25. The molecule has 0 aromatic heterocycles. The van der Waals surface area contributed by atoms with E-state index in [9.17, 15) is 9.90 Å². The molecule has 0 aliphatic rings. The van der Waals surface area contributed by atoms with Gasteiger partial charge in [-0.1, -0.05) is 26.8 Å². The van der Waals surface area contributed by atoms with Crippen LogP contribution >= 0.6 is 0 Å². The molecular formula is C17H28N2O2. The zero-order chi connectivity index (χ0) is 16.0. The molecule has 0 aliphatic carbocycles. The largest absolute Gasteiger partial charge is 0.508 e. The summed E-state index contributed by atoms with van der Waals surface area (Å²) < 4.78 is 0. The topological polar surface area (TPSA) is 66.6 Å². The second-order valence-electron chi connectivity index (χ2n) is 6.65. The van der Waals surface area contributed by atoms with Crippen LogP contribution in [-0.4, -0.2) is 24.6 Å². The SMILES string of the molecule is CN(C(=O)CCC(CCN)C(C)(C)C)c1cccc(O)c1. The number of aromatic hydroxyl groups is 1. The molecule has 0 saturated heterocycles. The van der Waals surface area contributed by atoms with E-state index in [1.54, 1.807) is 30.1 Å². The van der Waals surface area contributed by atoms with E-state index in [1.807, 2.05) is 6.07 Å². The standard InChI is InChI=1S/C17H28N2O2/c1-17(2,3)13(10-11-18)8-9-16(21)19(4)14-6-5-7-15(20)12-14/h5-7,12-13,20H,8-11,18H2,1-4H3. The Balaban J connectivity index is 2.64. The number of phenolic OH excluding ortho intramolecular Hbond substituents is 1. The summed E-state index contributed by atoms with van der Waals surface area (Å²) >= 11 is 0. The molecule has 0 heterocycles. The van der Waals surface area contributed by atoms with Crippen LogP contribution in [0.1, 0.15) is 40.0 Å². The van der Waals surface area contributed by atoms with Gasteiger partial charge in [-0.25, -0.2) is 0 Å². The fraction of sp³-hybridized carbons (Fsp3) is 0.588. The van der Waals surface area contributed by atoms with Crippen molar-refractivity contribution in [3.8, 4) is 5.75 Å². The van der Waals surface area contributed by atoms with E-state index in [2.05, 4.69) is 20.8 Å². The third-order valence-electron chi connectivity index (χ3n) is 4.04. The number of carbonyl (C=O) groups excluding carboxylic acids is 1. The number of phenols is 1. The summed E-state index contributed by atoms with van der Waals surface area (Å²) in [6.07, 6.45) is 2.27. The molecule has 1 atom stereocenters. The molecule has 0 aliphatic heterocycles. The van der Waals surface area contributed by atoms with E-state index in [1.165, 1.54) is 0 Å². The maximum atomic E-state index is 12.3. The predicted octanol–water partition coefficient (Wildman–Crippen LogP) is 3.15. The lowest BCUT2D eigenvalue weighted by Crippen LogP contribution is -2.29. The van der Waals surface area contributed by atoms with Crippen molar-refractivity contribution in [3.05, 3.63) is 24.3 Å². The van der Waals surface area contributed by atoms with Crippen LogP contribution in [-0.2, 0) is 4.79 Å². The van der Waals surface area contributed by atoms with Gasteiger partial charge < -0.3 is 15.7 Å².